The van der Waals surface area contributed by atoms with Crippen LogP contribution in [0.1, 0.15) is 61.3 Å². The van der Waals surface area contributed by atoms with Gasteiger partial charge in [-0.05, 0) is 44.6 Å². The summed E-state index contributed by atoms with van der Waals surface area (Å²) in [7, 11) is 0. The number of hydrogen-bond acceptors (Lipinski definition) is 1. The average Bonchev–Trinajstić information content (AvgIpc) is 2.11. The van der Waals surface area contributed by atoms with E-state index in [9.17, 15) is 0 Å². The molecule has 1 heteroatoms. The van der Waals surface area contributed by atoms with Crippen LogP contribution in [0.25, 0.3) is 0 Å². The molecule has 1 nitrogen and oxygen atoms in total. The maximum absolute atomic E-state index is 3.63. The molecule has 2 unspecified atom stereocenters. The Hall–Kier alpha value is -0.300. The molecule has 0 aliphatic rings. The van der Waals surface area contributed by atoms with Gasteiger partial charge in [0, 0.05) is 6.04 Å². The van der Waals surface area contributed by atoms with Gasteiger partial charge in [0.05, 0.1) is 0 Å². The minimum absolute atomic E-state index is 0.404. The molecule has 0 fully saturated rings. The summed E-state index contributed by atoms with van der Waals surface area (Å²) < 4.78 is 0. The molecule has 0 spiro atoms. The molecule has 0 saturated heterocycles. The van der Waals surface area contributed by atoms with Crippen LogP contribution in [0, 0.1) is 11.3 Å². The lowest BCUT2D eigenvalue weighted by molar-refractivity contribution is 0.232. The second kappa shape index (κ2) is 7.11. The van der Waals surface area contributed by atoms with Crippen LogP contribution >= 0.6 is 0 Å². The highest BCUT2D eigenvalue weighted by molar-refractivity contribution is 5.01. The normalized spacial score (nSPS) is 15.7. The van der Waals surface area contributed by atoms with Crippen molar-refractivity contribution in [2.45, 2.75) is 67.3 Å². The third kappa shape index (κ3) is 7.05. The van der Waals surface area contributed by atoms with Crippen LogP contribution in [0.2, 0.25) is 0 Å². The summed E-state index contributed by atoms with van der Waals surface area (Å²) in [6.45, 7) is 17.1. The van der Waals surface area contributed by atoms with Crippen LogP contribution < -0.4 is 5.32 Å². The van der Waals surface area contributed by atoms with Crippen molar-refractivity contribution < 1.29 is 0 Å². The molecule has 2 atom stereocenters. The van der Waals surface area contributed by atoms with E-state index in [-0.39, 0.29) is 0 Å². The Balaban J connectivity index is 4.36. The fourth-order valence-corrected chi connectivity index (χ4v) is 1.68. The predicted molar refractivity (Wildman–Crippen MR) is 74.7 cm³/mol. The van der Waals surface area contributed by atoms with Gasteiger partial charge in [-0.1, -0.05) is 46.3 Å². The quantitative estimate of drug-likeness (QED) is 0.661. The van der Waals surface area contributed by atoms with E-state index in [2.05, 4.69) is 59.9 Å². The minimum Gasteiger partial charge on any atom is -0.311 e. The molecular formula is C15H31N. The predicted octanol–water partition coefficient (Wildman–Crippen LogP) is 4.39. The SMILES string of the molecule is CCCNC(C=C(C)C)CC(C)C(C)(C)C. The van der Waals surface area contributed by atoms with Crippen LogP contribution in [-0.4, -0.2) is 12.6 Å². The molecule has 0 aliphatic carbocycles. The van der Waals surface area contributed by atoms with Gasteiger partial charge >= 0.3 is 0 Å². The number of hydrogen-bond donors (Lipinski definition) is 1. The molecule has 96 valence electrons. The monoisotopic (exact) mass is 225 g/mol. The highest BCUT2D eigenvalue weighted by Crippen LogP contribution is 2.29. The van der Waals surface area contributed by atoms with Crippen molar-refractivity contribution >= 4 is 0 Å². The van der Waals surface area contributed by atoms with Gasteiger partial charge in [-0.15, -0.1) is 0 Å². The van der Waals surface area contributed by atoms with Crippen molar-refractivity contribution in [3.05, 3.63) is 11.6 Å². The standard InChI is InChI=1S/C15H31N/c1-8-9-16-14(10-12(2)3)11-13(4)15(5,6)7/h10,13-14,16H,8-9,11H2,1-7H3. The first-order valence-electron chi connectivity index (χ1n) is 6.65. The van der Waals surface area contributed by atoms with Crippen LogP contribution in [0.15, 0.2) is 11.6 Å². The third-order valence-corrected chi connectivity index (χ3v) is 3.28. The lowest BCUT2D eigenvalue weighted by Gasteiger charge is -2.30. The molecule has 0 radical (unpaired) electrons. The molecule has 0 heterocycles. The van der Waals surface area contributed by atoms with Crippen LogP contribution in [0.4, 0.5) is 0 Å². The van der Waals surface area contributed by atoms with Gasteiger partial charge in [0.2, 0.25) is 0 Å². The first-order valence-corrected chi connectivity index (χ1v) is 6.65. The van der Waals surface area contributed by atoms with Crippen LogP contribution in [0.3, 0.4) is 0 Å². The molecule has 0 aromatic carbocycles. The molecule has 16 heavy (non-hydrogen) atoms. The highest BCUT2D eigenvalue weighted by atomic mass is 14.9. The topological polar surface area (TPSA) is 12.0 Å². The lowest BCUT2D eigenvalue weighted by Crippen LogP contribution is -2.33. The minimum atomic E-state index is 0.404. The maximum Gasteiger partial charge on any atom is 0.0255 e. The van der Waals surface area contributed by atoms with Crippen molar-refractivity contribution in [3.63, 3.8) is 0 Å². The highest BCUT2D eigenvalue weighted by Gasteiger charge is 2.22. The Kier molecular flexibility index (Phi) is 6.98. The zero-order chi connectivity index (χ0) is 12.8. The Morgan fingerprint density at radius 1 is 1.25 bits per heavy atom. The Morgan fingerprint density at radius 2 is 1.81 bits per heavy atom. The number of allylic oxidation sites excluding steroid dienone is 1. The molecule has 0 saturated carbocycles. The first kappa shape index (κ1) is 15.7. The van der Waals surface area contributed by atoms with Crippen molar-refractivity contribution in [1.82, 2.24) is 5.32 Å². The Labute approximate surface area is 103 Å². The van der Waals surface area contributed by atoms with Crippen LogP contribution in [0.5, 0.6) is 0 Å². The molecular weight excluding hydrogens is 194 g/mol. The van der Waals surface area contributed by atoms with Gasteiger partial charge in [-0.2, -0.15) is 0 Å². The number of nitrogens with one attached hydrogen (secondary N) is 1. The van der Waals surface area contributed by atoms with E-state index in [1.54, 1.807) is 0 Å². The summed E-state index contributed by atoms with van der Waals surface area (Å²) in [4.78, 5) is 0. The van der Waals surface area contributed by atoms with Crippen molar-refractivity contribution in [3.8, 4) is 0 Å². The van der Waals surface area contributed by atoms with Gasteiger partial charge < -0.3 is 5.32 Å². The van der Waals surface area contributed by atoms with E-state index in [4.69, 9.17) is 0 Å². The fraction of sp³-hybridized carbons (Fsp3) is 0.867. The summed E-state index contributed by atoms with van der Waals surface area (Å²) in [5, 5.41) is 3.63. The van der Waals surface area contributed by atoms with Gasteiger partial charge in [-0.3, -0.25) is 0 Å². The van der Waals surface area contributed by atoms with Crippen LogP contribution in [-0.2, 0) is 0 Å². The average molecular weight is 225 g/mol. The summed E-state index contributed by atoms with van der Waals surface area (Å²) in [6, 6.07) is 0.541. The smallest absolute Gasteiger partial charge is 0.0255 e. The Bertz CT molecular complexity index is 206. The van der Waals surface area contributed by atoms with E-state index in [1.807, 2.05) is 0 Å². The van der Waals surface area contributed by atoms with E-state index < -0.39 is 0 Å². The fourth-order valence-electron chi connectivity index (χ4n) is 1.68. The molecule has 0 rings (SSSR count). The van der Waals surface area contributed by atoms with E-state index >= 15 is 0 Å². The molecule has 0 bridgehead atoms. The summed E-state index contributed by atoms with van der Waals surface area (Å²) in [5.74, 6) is 0.734. The summed E-state index contributed by atoms with van der Waals surface area (Å²) >= 11 is 0. The molecule has 0 aromatic heterocycles. The number of rotatable bonds is 6. The van der Waals surface area contributed by atoms with Crippen molar-refractivity contribution in [2.24, 2.45) is 11.3 Å². The van der Waals surface area contributed by atoms with Crippen molar-refractivity contribution in [2.75, 3.05) is 6.54 Å². The zero-order valence-corrected chi connectivity index (χ0v) is 12.4. The van der Waals surface area contributed by atoms with Gasteiger partial charge in [0.25, 0.3) is 0 Å². The van der Waals surface area contributed by atoms with E-state index in [1.165, 1.54) is 18.4 Å². The summed E-state index contributed by atoms with van der Waals surface area (Å²) in [5.41, 5.74) is 1.82. The van der Waals surface area contributed by atoms with Gasteiger partial charge in [-0.25, -0.2) is 0 Å². The lowest BCUT2D eigenvalue weighted by atomic mass is 9.78. The maximum atomic E-state index is 3.63. The van der Waals surface area contributed by atoms with E-state index in [0.29, 0.717) is 11.5 Å². The first-order chi connectivity index (χ1) is 7.27. The second-order valence-electron chi connectivity index (χ2n) is 6.31. The summed E-state index contributed by atoms with van der Waals surface area (Å²) in [6.07, 6.45) is 4.81. The molecule has 0 amide bonds. The molecule has 1 N–H and O–H groups in total. The third-order valence-electron chi connectivity index (χ3n) is 3.28. The van der Waals surface area contributed by atoms with Crippen molar-refractivity contribution in [1.29, 1.82) is 0 Å². The van der Waals surface area contributed by atoms with Gasteiger partial charge in [0.1, 0.15) is 0 Å². The van der Waals surface area contributed by atoms with Gasteiger partial charge in [0.15, 0.2) is 0 Å². The van der Waals surface area contributed by atoms with E-state index in [0.717, 1.165) is 12.5 Å². The zero-order valence-electron chi connectivity index (χ0n) is 12.4. The Morgan fingerprint density at radius 3 is 2.19 bits per heavy atom. The second-order valence-corrected chi connectivity index (χ2v) is 6.31. The molecule has 0 aromatic rings. The molecule has 0 aliphatic heterocycles. The largest absolute Gasteiger partial charge is 0.311 e.